The summed E-state index contributed by atoms with van der Waals surface area (Å²) in [6, 6.07) is 0. The summed E-state index contributed by atoms with van der Waals surface area (Å²) < 4.78 is 0. The molecule has 0 aromatic carbocycles. The van der Waals surface area contributed by atoms with Gasteiger partial charge in [0.15, 0.2) is 0 Å². The van der Waals surface area contributed by atoms with Crippen LogP contribution in [-0.4, -0.2) is 9.97 Å². The lowest BCUT2D eigenvalue weighted by Crippen LogP contribution is -1.79. The van der Waals surface area contributed by atoms with Crippen molar-refractivity contribution in [1.82, 2.24) is 9.97 Å². The Morgan fingerprint density at radius 3 is 2.50 bits per heavy atom. The van der Waals surface area contributed by atoms with Crippen LogP contribution in [0.3, 0.4) is 0 Å². The van der Waals surface area contributed by atoms with E-state index in [2.05, 4.69) is 23.8 Å². The molecule has 1 fully saturated rings. The highest BCUT2D eigenvalue weighted by Crippen LogP contribution is 2.52. The topological polar surface area (TPSA) is 28.7 Å². The van der Waals surface area contributed by atoms with E-state index in [-0.39, 0.29) is 0 Å². The molecule has 2 atom stereocenters. The van der Waals surface area contributed by atoms with Crippen molar-refractivity contribution in [3.05, 3.63) is 18.2 Å². The van der Waals surface area contributed by atoms with Crippen LogP contribution in [0.2, 0.25) is 0 Å². The molecule has 0 aliphatic heterocycles. The lowest BCUT2D eigenvalue weighted by atomic mass is 10.2. The molecular formula is C8H12N2. The number of aromatic amines is 1. The lowest BCUT2D eigenvalue weighted by Gasteiger charge is -1.87. The number of rotatable bonds is 1. The maximum absolute atomic E-state index is 4.00. The summed E-state index contributed by atoms with van der Waals surface area (Å²) in [4.78, 5) is 7.15. The van der Waals surface area contributed by atoms with Crippen LogP contribution in [-0.2, 0) is 0 Å². The van der Waals surface area contributed by atoms with Gasteiger partial charge in [-0.1, -0.05) is 13.8 Å². The second-order valence-corrected chi connectivity index (χ2v) is 3.25. The second kappa shape index (κ2) is 1.84. The highest BCUT2D eigenvalue weighted by molar-refractivity contribution is 5.16. The molecule has 1 saturated carbocycles. The van der Waals surface area contributed by atoms with Crippen LogP contribution in [0.25, 0.3) is 0 Å². The molecule has 2 heteroatoms. The van der Waals surface area contributed by atoms with Crippen molar-refractivity contribution in [2.75, 3.05) is 0 Å². The van der Waals surface area contributed by atoms with Crippen molar-refractivity contribution in [2.24, 2.45) is 11.8 Å². The first-order valence-electron chi connectivity index (χ1n) is 3.79. The number of hydrogen-bond donors (Lipinski definition) is 1. The van der Waals surface area contributed by atoms with E-state index in [1.807, 2.05) is 6.20 Å². The molecule has 1 aliphatic carbocycles. The predicted molar refractivity (Wildman–Crippen MR) is 39.7 cm³/mol. The van der Waals surface area contributed by atoms with E-state index in [0.29, 0.717) is 0 Å². The van der Waals surface area contributed by atoms with Crippen LogP contribution >= 0.6 is 0 Å². The Balaban J connectivity index is 2.17. The third-order valence-electron chi connectivity index (χ3n) is 2.70. The summed E-state index contributed by atoms with van der Waals surface area (Å²) in [5, 5.41) is 0. The molecule has 1 heterocycles. The zero-order valence-electron chi connectivity index (χ0n) is 6.33. The van der Waals surface area contributed by atoms with Gasteiger partial charge in [0.05, 0.1) is 6.33 Å². The first-order chi connectivity index (χ1) is 4.80. The third-order valence-corrected chi connectivity index (χ3v) is 2.70. The second-order valence-electron chi connectivity index (χ2n) is 3.25. The van der Waals surface area contributed by atoms with E-state index < -0.39 is 0 Å². The van der Waals surface area contributed by atoms with E-state index in [1.54, 1.807) is 6.33 Å². The highest BCUT2D eigenvalue weighted by atomic mass is 14.9. The first-order valence-corrected chi connectivity index (χ1v) is 3.79. The summed E-state index contributed by atoms with van der Waals surface area (Å²) in [6.45, 7) is 4.58. The van der Waals surface area contributed by atoms with Crippen LogP contribution in [0.1, 0.15) is 25.5 Å². The maximum atomic E-state index is 4.00. The third kappa shape index (κ3) is 0.681. The fraction of sp³-hybridized carbons (Fsp3) is 0.625. The van der Waals surface area contributed by atoms with Crippen molar-refractivity contribution in [1.29, 1.82) is 0 Å². The quantitative estimate of drug-likeness (QED) is 0.626. The fourth-order valence-electron chi connectivity index (χ4n) is 1.68. The molecule has 0 amide bonds. The molecule has 2 rings (SSSR count). The summed E-state index contributed by atoms with van der Waals surface area (Å²) in [7, 11) is 0. The van der Waals surface area contributed by atoms with Gasteiger partial charge in [0.25, 0.3) is 0 Å². The summed E-state index contributed by atoms with van der Waals surface area (Å²) in [6.07, 6.45) is 3.69. The Morgan fingerprint density at radius 2 is 2.10 bits per heavy atom. The molecule has 0 radical (unpaired) electrons. The van der Waals surface area contributed by atoms with E-state index in [0.717, 1.165) is 17.8 Å². The van der Waals surface area contributed by atoms with Gasteiger partial charge in [0, 0.05) is 17.8 Å². The van der Waals surface area contributed by atoms with Gasteiger partial charge in [-0.2, -0.15) is 0 Å². The van der Waals surface area contributed by atoms with Crippen LogP contribution in [0.15, 0.2) is 12.5 Å². The molecule has 1 aliphatic rings. The molecule has 10 heavy (non-hydrogen) atoms. The molecule has 0 bridgehead atoms. The number of imidazole rings is 1. The van der Waals surface area contributed by atoms with Crippen molar-refractivity contribution in [3.63, 3.8) is 0 Å². The zero-order chi connectivity index (χ0) is 7.14. The van der Waals surface area contributed by atoms with Crippen molar-refractivity contribution < 1.29 is 0 Å². The van der Waals surface area contributed by atoms with Crippen molar-refractivity contribution >= 4 is 0 Å². The normalized spacial score (nSPS) is 38.0. The molecular weight excluding hydrogens is 124 g/mol. The van der Waals surface area contributed by atoms with Gasteiger partial charge in [-0.05, 0) is 11.8 Å². The minimum Gasteiger partial charge on any atom is -0.348 e. The van der Waals surface area contributed by atoms with Crippen LogP contribution in [0.4, 0.5) is 0 Å². The zero-order valence-corrected chi connectivity index (χ0v) is 6.33. The van der Waals surface area contributed by atoms with Crippen molar-refractivity contribution in [2.45, 2.75) is 19.8 Å². The Morgan fingerprint density at radius 1 is 1.40 bits per heavy atom. The van der Waals surface area contributed by atoms with Gasteiger partial charge in [-0.25, -0.2) is 4.98 Å². The van der Waals surface area contributed by atoms with Crippen LogP contribution in [0, 0.1) is 11.8 Å². The van der Waals surface area contributed by atoms with Crippen LogP contribution < -0.4 is 0 Å². The Hall–Kier alpha value is -0.790. The largest absolute Gasteiger partial charge is 0.348 e. The van der Waals surface area contributed by atoms with Gasteiger partial charge in [0.1, 0.15) is 0 Å². The number of aromatic nitrogens is 2. The van der Waals surface area contributed by atoms with Gasteiger partial charge in [-0.3, -0.25) is 0 Å². The number of nitrogens with one attached hydrogen (secondary N) is 1. The summed E-state index contributed by atoms with van der Waals surface area (Å²) in [5.41, 5.74) is 1.31. The predicted octanol–water partition coefficient (Wildman–Crippen LogP) is 1.78. The SMILES string of the molecule is CC1C(C)C1c1cnc[nH]1. The van der Waals surface area contributed by atoms with E-state index in [1.165, 1.54) is 5.69 Å². The molecule has 2 unspecified atom stereocenters. The molecule has 0 saturated heterocycles. The Bertz CT molecular complexity index is 207. The van der Waals surface area contributed by atoms with E-state index in [4.69, 9.17) is 0 Å². The van der Waals surface area contributed by atoms with Gasteiger partial charge in [-0.15, -0.1) is 0 Å². The minimum atomic E-state index is 0.752. The number of hydrogen-bond acceptors (Lipinski definition) is 1. The maximum Gasteiger partial charge on any atom is 0.0921 e. The molecule has 2 nitrogen and oxygen atoms in total. The highest BCUT2D eigenvalue weighted by Gasteiger charge is 2.44. The van der Waals surface area contributed by atoms with Gasteiger partial charge >= 0.3 is 0 Å². The van der Waals surface area contributed by atoms with Crippen molar-refractivity contribution in [3.8, 4) is 0 Å². The number of H-pyrrole nitrogens is 1. The molecule has 1 aromatic heterocycles. The monoisotopic (exact) mass is 136 g/mol. The van der Waals surface area contributed by atoms with Gasteiger partial charge < -0.3 is 4.98 Å². The Labute approximate surface area is 60.7 Å². The van der Waals surface area contributed by atoms with E-state index >= 15 is 0 Å². The molecule has 1 aromatic rings. The minimum absolute atomic E-state index is 0.752. The first kappa shape index (κ1) is 5.96. The number of nitrogens with zero attached hydrogens (tertiary/aromatic N) is 1. The van der Waals surface area contributed by atoms with Crippen LogP contribution in [0.5, 0.6) is 0 Å². The standard InChI is InChI=1S/C8H12N2/c1-5-6(2)8(5)7-3-9-4-10-7/h3-6,8H,1-2H3,(H,9,10). The fourth-order valence-corrected chi connectivity index (χ4v) is 1.68. The molecule has 1 N–H and O–H groups in total. The summed E-state index contributed by atoms with van der Waals surface area (Å²) >= 11 is 0. The smallest absolute Gasteiger partial charge is 0.0921 e. The Kier molecular flexibility index (Phi) is 1.10. The van der Waals surface area contributed by atoms with Gasteiger partial charge in [0.2, 0.25) is 0 Å². The lowest BCUT2D eigenvalue weighted by molar-refractivity contribution is 0.834. The average Bonchev–Trinajstić information content (AvgIpc) is 2.37. The van der Waals surface area contributed by atoms with E-state index in [9.17, 15) is 0 Å². The molecule has 54 valence electrons. The molecule has 0 spiro atoms. The summed E-state index contributed by atoms with van der Waals surface area (Å²) in [5.74, 6) is 2.45. The average molecular weight is 136 g/mol.